The lowest BCUT2D eigenvalue weighted by Crippen LogP contribution is -2.32. The molecule has 2 heterocycles. The molecule has 0 fully saturated rings. The molecular weight excluding hydrogens is 462 g/mol. The van der Waals surface area contributed by atoms with Gasteiger partial charge in [0.15, 0.2) is 11.5 Å². The third-order valence-electron chi connectivity index (χ3n) is 5.22. The van der Waals surface area contributed by atoms with Crippen LogP contribution in [0.1, 0.15) is 48.4 Å². The number of nitrogens with one attached hydrogen (secondary N) is 2. The number of ether oxygens (including phenoxy) is 2. The summed E-state index contributed by atoms with van der Waals surface area (Å²) in [5, 5.41) is 32.4. The Balaban J connectivity index is 1.53. The van der Waals surface area contributed by atoms with Gasteiger partial charge >= 0.3 is 0 Å². The zero-order valence-corrected chi connectivity index (χ0v) is 19.9. The van der Waals surface area contributed by atoms with E-state index >= 15 is 0 Å². The summed E-state index contributed by atoms with van der Waals surface area (Å²) in [6, 6.07) is 14.4. The number of amides is 1. The van der Waals surface area contributed by atoms with Crippen molar-refractivity contribution in [1.82, 2.24) is 25.6 Å². The molecule has 2 aromatic carbocycles. The van der Waals surface area contributed by atoms with Crippen molar-refractivity contribution in [2.24, 2.45) is 10.2 Å². The van der Waals surface area contributed by atoms with Gasteiger partial charge in [-0.25, -0.2) is 10.1 Å². The molecule has 0 saturated carbocycles. The molecule has 2 N–H and O–H groups in total. The lowest BCUT2D eigenvalue weighted by atomic mass is 10.0. The van der Waals surface area contributed by atoms with Crippen molar-refractivity contribution >= 4 is 23.0 Å². The predicted octanol–water partition coefficient (Wildman–Crippen LogP) is 2.98. The van der Waals surface area contributed by atoms with Gasteiger partial charge in [-0.1, -0.05) is 6.07 Å². The largest absolute Gasteiger partial charge is 0.490 e. The average molecular weight is 488 g/mol. The first-order chi connectivity index (χ1) is 17.6. The smallest absolute Gasteiger partial charge is 0.274 e. The van der Waals surface area contributed by atoms with E-state index in [1.165, 1.54) is 5.01 Å². The molecule has 12 heteroatoms. The van der Waals surface area contributed by atoms with Crippen LogP contribution >= 0.6 is 0 Å². The minimum atomic E-state index is -0.240. The Bertz CT molecular complexity index is 1310. The molecular formula is C24H25N9O3. The summed E-state index contributed by atoms with van der Waals surface area (Å²) in [5.41, 5.74) is 5.39. The number of rotatable bonds is 9. The van der Waals surface area contributed by atoms with Gasteiger partial charge in [-0.3, -0.25) is 10.2 Å². The molecule has 12 nitrogen and oxygen atoms in total. The van der Waals surface area contributed by atoms with E-state index in [2.05, 4.69) is 36.3 Å². The zero-order chi connectivity index (χ0) is 25.3. The zero-order valence-electron chi connectivity index (χ0n) is 19.9. The topological polar surface area (TPSA) is 154 Å². The molecule has 1 aliphatic rings. The molecule has 1 amide bonds. The second-order valence-corrected chi connectivity index (χ2v) is 7.62. The van der Waals surface area contributed by atoms with Crippen LogP contribution < -0.4 is 14.9 Å². The summed E-state index contributed by atoms with van der Waals surface area (Å²) in [7, 11) is 0. The van der Waals surface area contributed by atoms with Gasteiger partial charge in [0.2, 0.25) is 11.5 Å². The van der Waals surface area contributed by atoms with Crippen molar-refractivity contribution in [2.45, 2.75) is 26.7 Å². The van der Waals surface area contributed by atoms with E-state index in [0.717, 1.165) is 24.1 Å². The SMILES string of the molecule is CCOc1ccc(C2=NN(C(=O)c3cccc(NN=C(C#N)c4nnn[nH]4)c3)CCC2)cc1OCC. The lowest BCUT2D eigenvalue weighted by Gasteiger charge is -2.24. The number of H-pyrrole nitrogens is 1. The number of carbonyl (C=O) groups excluding carboxylic acids is 1. The van der Waals surface area contributed by atoms with Gasteiger partial charge in [0.25, 0.3) is 5.91 Å². The Morgan fingerprint density at radius 3 is 2.78 bits per heavy atom. The first-order valence-corrected chi connectivity index (χ1v) is 11.5. The molecule has 0 unspecified atom stereocenters. The van der Waals surface area contributed by atoms with Crippen LogP contribution in [-0.2, 0) is 0 Å². The molecule has 184 valence electrons. The Morgan fingerprint density at radius 2 is 2.03 bits per heavy atom. The number of aromatic amines is 1. The number of tetrazole rings is 1. The van der Waals surface area contributed by atoms with Gasteiger partial charge in [-0.2, -0.15) is 15.5 Å². The Morgan fingerprint density at radius 1 is 1.19 bits per heavy atom. The van der Waals surface area contributed by atoms with E-state index in [9.17, 15) is 10.1 Å². The standard InChI is InChI=1S/C24H25N9O3/c1-3-35-21-11-10-16(14-22(21)36-4-2)19-9-6-12-33(30-19)24(34)17-7-5-8-18(13-17)26-27-20(15-25)23-28-31-32-29-23/h5,7-8,10-11,13-14,26H,3-4,6,9,12H2,1-2H3,(H,28,29,31,32). The quantitative estimate of drug-likeness (QED) is 0.345. The van der Waals surface area contributed by atoms with Crippen LogP contribution in [0.25, 0.3) is 0 Å². The Labute approximate surface area is 207 Å². The van der Waals surface area contributed by atoms with Crippen molar-refractivity contribution in [2.75, 3.05) is 25.2 Å². The Kier molecular flexibility index (Phi) is 7.82. The van der Waals surface area contributed by atoms with Gasteiger partial charge in [0.1, 0.15) is 6.07 Å². The summed E-state index contributed by atoms with van der Waals surface area (Å²) >= 11 is 0. The highest BCUT2D eigenvalue weighted by atomic mass is 16.5. The molecule has 1 aliphatic heterocycles. The van der Waals surface area contributed by atoms with Crippen LogP contribution in [-0.4, -0.2) is 62.7 Å². The third kappa shape index (κ3) is 5.64. The number of nitrogens with zero attached hydrogens (tertiary/aromatic N) is 7. The molecule has 0 aliphatic carbocycles. The maximum absolute atomic E-state index is 13.2. The highest BCUT2D eigenvalue weighted by Crippen LogP contribution is 2.30. The molecule has 36 heavy (non-hydrogen) atoms. The van der Waals surface area contributed by atoms with Crippen LogP contribution in [0.4, 0.5) is 5.69 Å². The number of hydrogen-bond acceptors (Lipinski definition) is 10. The van der Waals surface area contributed by atoms with Crippen molar-refractivity contribution in [1.29, 1.82) is 5.26 Å². The molecule has 0 radical (unpaired) electrons. The van der Waals surface area contributed by atoms with Crippen LogP contribution in [0, 0.1) is 11.3 Å². The van der Waals surface area contributed by atoms with E-state index in [1.54, 1.807) is 24.3 Å². The summed E-state index contributed by atoms with van der Waals surface area (Å²) in [6.45, 7) is 5.40. The van der Waals surface area contributed by atoms with Gasteiger partial charge in [-0.15, -0.1) is 5.10 Å². The second kappa shape index (κ2) is 11.6. The maximum atomic E-state index is 13.2. The van der Waals surface area contributed by atoms with Crippen LogP contribution in [0.15, 0.2) is 52.7 Å². The van der Waals surface area contributed by atoms with Crippen LogP contribution in [0.5, 0.6) is 11.5 Å². The number of hydrogen-bond donors (Lipinski definition) is 2. The van der Waals surface area contributed by atoms with Crippen molar-refractivity contribution in [3.63, 3.8) is 0 Å². The van der Waals surface area contributed by atoms with E-state index in [0.29, 0.717) is 42.5 Å². The average Bonchev–Trinajstić information content (AvgIpc) is 3.45. The Hall–Kier alpha value is -4.79. The van der Waals surface area contributed by atoms with Gasteiger partial charge in [0.05, 0.1) is 24.6 Å². The minimum absolute atomic E-state index is 0.0243. The normalized spacial score (nSPS) is 13.5. The molecule has 0 spiro atoms. The van der Waals surface area contributed by atoms with Crippen molar-refractivity contribution in [3.05, 3.63) is 59.4 Å². The number of benzene rings is 2. The number of carbonyl (C=O) groups is 1. The number of nitriles is 1. The first kappa shape index (κ1) is 24.3. The minimum Gasteiger partial charge on any atom is -0.490 e. The summed E-state index contributed by atoms with van der Waals surface area (Å²) in [4.78, 5) is 13.2. The highest BCUT2D eigenvalue weighted by Gasteiger charge is 2.22. The fourth-order valence-corrected chi connectivity index (χ4v) is 3.60. The fraction of sp³-hybridized carbons (Fsp3) is 0.292. The number of anilines is 1. The first-order valence-electron chi connectivity index (χ1n) is 11.5. The summed E-state index contributed by atoms with van der Waals surface area (Å²) < 4.78 is 11.4. The molecule has 3 aromatic rings. The predicted molar refractivity (Wildman–Crippen MR) is 132 cm³/mol. The molecule has 4 rings (SSSR count). The van der Waals surface area contributed by atoms with Crippen molar-refractivity contribution < 1.29 is 14.3 Å². The number of aromatic nitrogens is 4. The van der Waals surface area contributed by atoms with E-state index in [-0.39, 0.29) is 17.4 Å². The molecule has 0 atom stereocenters. The number of hydrazone groups is 2. The molecule has 1 aromatic heterocycles. The highest BCUT2D eigenvalue weighted by molar-refractivity contribution is 6.09. The van der Waals surface area contributed by atoms with Crippen molar-refractivity contribution in [3.8, 4) is 17.6 Å². The summed E-state index contributed by atoms with van der Waals surface area (Å²) in [5.74, 6) is 1.23. The van der Waals surface area contributed by atoms with E-state index < -0.39 is 0 Å². The van der Waals surface area contributed by atoms with E-state index in [4.69, 9.17) is 9.47 Å². The van der Waals surface area contributed by atoms with Gasteiger partial charge in [-0.05, 0) is 73.5 Å². The molecule has 0 saturated heterocycles. The van der Waals surface area contributed by atoms with Crippen LogP contribution in [0.2, 0.25) is 0 Å². The van der Waals surface area contributed by atoms with Gasteiger partial charge < -0.3 is 9.47 Å². The third-order valence-corrected chi connectivity index (χ3v) is 5.22. The molecule has 0 bridgehead atoms. The maximum Gasteiger partial charge on any atom is 0.274 e. The monoisotopic (exact) mass is 487 g/mol. The lowest BCUT2D eigenvalue weighted by molar-refractivity contribution is 0.0751. The van der Waals surface area contributed by atoms with Gasteiger partial charge in [0, 0.05) is 17.7 Å². The fourth-order valence-electron chi connectivity index (χ4n) is 3.60. The van der Waals surface area contributed by atoms with Crippen LogP contribution in [0.3, 0.4) is 0 Å². The van der Waals surface area contributed by atoms with E-state index in [1.807, 2.05) is 38.1 Å². The summed E-state index contributed by atoms with van der Waals surface area (Å²) in [6.07, 6.45) is 1.52. The second-order valence-electron chi connectivity index (χ2n) is 7.62.